The van der Waals surface area contributed by atoms with Crippen LogP contribution in [0.5, 0.6) is 0 Å². The fourth-order valence-electron chi connectivity index (χ4n) is 2.20. The van der Waals surface area contributed by atoms with Gasteiger partial charge in [-0.3, -0.25) is 4.31 Å². The van der Waals surface area contributed by atoms with E-state index in [1.54, 1.807) is 12.1 Å². The quantitative estimate of drug-likeness (QED) is 0.841. The molecule has 0 aliphatic heterocycles. The normalized spacial score (nSPS) is 11.5. The molecule has 0 spiro atoms. The molecule has 0 saturated carbocycles. The molecule has 0 saturated heterocycles. The Morgan fingerprint density at radius 2 is 1.86 bits per heavy atom. The van der Waals surface area contributed by atoms with Gasteiger partial charge in [0.2, 0.25) is 10.0 Å². The van der Waals surface area contributed by atoms with Crippen molar-refractivity contribution in [1.82, 2.24) is 0 Å². The van der Waals surface area contributed by atoms with E-state index in [0.29, 0.717) is 5.69 Å². The van der Waals surface area contributed by atoms with Crippen molar-refractivity contribution >= 4 is 27.3 Å². The molecule has 0 unspecified atom stereocenters. The Hall–Kier alpha value is -1.59. The van der Waals surface area contributed by atoms with Gasteiger partial charge in [0.15, 0.2) is 0 Å². The van der Waals surface area contributed by atoms with Crippen molar-refractivity contribution in [2.45, 2.75) is 20.4 Å². The number of sulfonamides is 1. The highest BCUT2D eigenvalue weighted by atomic mass is 35.5. The Balaban J connectivity index is 2.56. The first-order valence-corrected chi connectivity index (χ1v) is 8.90. The van der Waals surface area contributed by atoms with E-state index in [9.17, 15) is 12.8 Å². The smallest absolute Gasteiger partial charge is 0.232 e. The van der Waals surface area contributed by atoms with E-state index in [1.165, 1.54) is 16.4 Å². The lowest BCUT2D eigenvalue weighted by molar-refractivity contribution is 0.590. The van der Waals surface area contributed by atoms with Crippen LogP contribution in [0.25, 0.3) is 0 Å². The fraction of sp³-hybridized carbons (Fsp3) is 0.250. The summed E-state index contributed by atoms with van der Waals surface area (Å²) in [5.74, 6) is -0.522. The van der Waals surface area contributed by atoms with Crippen LogP contribution in [0.15, 0.2) is 36.4 Å². The average Bonchev–Trinajstić information content (AvgIpc) is 2.40. The number of benzene rings is 2. The molecule has 2 rings (SSSR count). The molecule has 0 aliphatic rings. The summed E-state index contributed by atoms with van der Waals surface area (Å²) in [5, 5.41) is 0.207. The summed E-state index contributed by atoms with van der Waals surface area (Å²) in [7, 11) is -3.58. The second-order valence-electron chi connectivity index (χ2n) is 5.26. The van der Waals surface area contributed by atoms with Crippen LogP contribution in [-0.4, -0.2) is 14.7 Å². The highest BCUT2D eigenvalue weighted by Crippen LogP contribution is 2.28. The standard InChI is InChI=1S/C16H17ClFNO2S/c1-11-7-8-12(2)16(9-11)19(22(3,20)21)10-13-14(17)5-4-6-15(13)18/h4-9H,10H2,1-3H3. The van der Waals surface area contributed by atoms with Crippen LogP contribution in [0.3, 0.4) is 0 Å². The molecule has 0 atom stereocenters. The Labute approximate surface area is 135 Å². The molecule has 2 aromatic rings. The molecule has 0 heterocycles. The third-order valence-corrected chi connectivity index (χ3v) is 4.88. The lowest BCUT2D eigenvalue weighted by Gasteiger charge is -2.25. The van der Waals surface area contributed by atoms with Gasteiger partial charge >= 0.3 is 0 Å². The van der Waals surface area contributed by atoms with E-state index in [0.717, 1.165) is 17.4 Å². The number of hydrogen-bond donors (Lipinski definition) is 0. The zero-order valence-electron chi connectivity index (χ0n) is 12.6. The second kappa shape index (κ2) is 6.26. The predicted octanol–water partition coefficient (Wildman–Crippen LogP) is 4.06. The van der Waals surface area contributed by atoms with Gasteiger partial charge in [0.25, 0.3) is 0 Å². The maximum absolute atomic E-state index is 14.0. The van der Waals surface area contributed by atoms with Gasteiger partial charge in [-0.1, -0.05) is 29.8 Å². The van der Waals surface area contributed by atoms with Crippen molar-refractivity contribution in [3.63, 3.8) is 0 Å². The van der Waals surface area contributed by atoms with Crippen molar-refractivity contribution in [1.29, 1.82) is 0 Å². The van der Waals surface area contributed by atoms with Crippen LogP contribution in [0.4, 0.5) is 10.1 Å². The number of aryl methyl sites for hydroxylation is 2. The minimum atomic E-state index is -3.58. The summed E-state index contributed by atoms with van der Waals surface area (Å²) in [6.45, 7) is 3.55. The average molecular weight is 342 g/mol. The number of hydrogen-bond acceptors (Lipinski definition) is 2. The maximum atomic E-state index is 14.0. The fourth-order valence-corrected chi connectivity index (χ4v) is 3.34. The molecule has 0 radical (unpaired) electrons. The molecule has 0 N–H and O–H groups in total. The number of anilines is 1. The van der Waals surface area contributed by atoms with Gasteiger partial charge in [0.05, 0.1) is 18.5 Å². The minimum Gasteiger partial charge on any atom is -0.266 e. The summed E-state index contributed by atoms with van der Waals surface area (Å²) in [6.07, 6.45) is 1.10. The van der Waals surface area contributed by atoms with Crippen LogP contribution < -0.4 is 4.31 Å². The lowest BCUT2D eigenvalue weighted by Crippen LogP contribution is -2.30. The Kier molecular flexibility index (Phi) is 4.78. The van der Waals surface area contributed by atoms with Gasteiger partial charge in [-0.05, 0) is 43.2 Å². The maximum Gasteiger partial charge on any atom is 0.232 e. The van der Waals surface area contributed by atoms with Crippen molar-refractivity contribution in [2.24, 2.45) is 0 Å². The molecule has 0 amide bonds. The Morgan fingerprint density at radius 1 is 1.18 bits per heavy atom. The van der Waals surface area contributed by atoms with Crippen LogP contribution in [0.2, 0.25) is 5.02 Å². The molecule has 118 valence electrons. The summed E-state index contributed by atoms with van der Waals surface area (Å²) in [6, 6.07) is 9.81. The zero-order chi connectivity index (χ0) is 16.5. The molecule has 0 aromatic heterocycles. The highest BCUT2D eigenvalue weighted by Gasteiger charge is 2.22. The molecule has 6 heteroatoms. The van der Waals surface area contributed by atoms with Gasteiger partial charge < -0.3 is 0 Å². The monoisotopic (exact) mass is 341 g/mol. The second-order valence-corrected chi connectivity index (χ2v) is 7.57. The third-order valence-electron chi connectivity index (χ3n) is 3.40. The Bertz CT molecular complexity index is 786. The van der Waals surface area contributed by atoms with Crippen LogP contribution in [0.1, 0.15) is 16.7 Å². The summed E-state index contributed by atoms with van der Waals surface area (Å²) >= 11 is 6.02. The first-order valence-electron chi connectivity index (χ1n) is 6.68. The Morgan fingerprint density at radius 3 is 2.45 bits per heavy atom. The predicted molar refractivity (Wildman–Crippen MR) is 88.4 cm³/mol. The van der Waals surface area contributed by atoms with Crippen molar-refractivity contribution in [3.8, 4) is 0 Å². The number of rotatable bonds is 4. The largest absolute Gasteiger partial charge is 0.266 e. The van der Waals surface area contributed by atoms with Crippen LogP contribution in [0, 0.1) is 19.7 Å². The molecule has 22 heavy (non-hydrogen) atoms. The van der Waals surface area contributed by atoms with Crippen molar-refractivity contribution in [2.75, 3.05) is 10.6 Å². The molecule has 0 fully saturated rings. The topological polar surface area (TPSA) is 37.4 Å². The van der Waals surface area contributed by atoms with Gasteiger partial charge in [-0.15, -0.1) is 0 Å². The van der Waals surface area contributed by atoms with Crippen LogP contribution >= 0.6 is 11.6 Å². The zero-order valence-corrected chi connectivity index (χ0v) is 14.2. The molecular weight excluding hydrogens is 325 g/mol. The van der Waals surface area contributed by atoms with Crippen LogP contribution in [-0.2, 0) is 16.6 Å². The number of nitrogens with zero attached hydrogens (tertiary/aromatic N) is 1. The number of halogens is 2. The van der Waals surface area contributed by atoms with Gasteiger partial charge in [-0.2, -0.15) is 0 Å². The molecule has 0 bridgehead atoms. The molecule has 2 aromatic carbocycles. The van der Waals surface area contributed by atoms with Gasteiger partial charge in [-0.25, -0.2) is 12.8 Å². The first kappa shape index (κ1) is 16.8. The molecule has 0 aliphatic carbocycles. The van der Waals surface area contributed by atoms with Crippen molar-refractivity contribution < 1.29 is 12.8 Å². The highest BCUT2D eigenvalue weighted by molar-refractivity contribution is 7.92. The first-order chi connectivity index (χ1) is 10.2. The van der Waals surface area contributed by atoms with Crippen molar-refractivity contribution in [3.05, 3.63) is 63.9 Å². The summed E-state index contributed by atoms with van der Waals surface area (Å²) in [4.78, 5) is 0. The van der Waals surface area contributed by atoms with E-state index < -0.39 is 15.8 Å². The summed E-state index contributed by atoms with van der Waals surface area (Å²) in [5.41, 5.74) is 2.41. The van der Waals surface area contributed by atoms with E-state index in [4.69, 9.17) is 11.6 Å². The summed E-state index contributed by atoms with van der Waals surface area (Å²) < 4.78 is 39.5. The SMILES string of the molecule is Cc1ccc(C)c(N(Cc2c(F)cccc2Cl)S(C)(=O)=O)c1. The molecular formula is C16H17ClFNO2S. The lowest BCUT2D eigenvalue weighted by atomic mass is 10.1. The van der Waals surface area contributed by atoms with E-state index >= 15 is 0 Å². The van der Waals surface area contributed by atoms with E-state index in [2.05, 4.69) is 0 Å². The van der Waals surface area contributed by atoms with E-state index in [-0.39, 0.29) is 17.1 Å². The molecule has 3 nitrogen and oxygen atoms in total. The van der Waals surface area contributed by atoms with Gasteiger partial charge in [0, 0.05) is 10.6 Å². The third kappa shape index (κ3) is 3.59. The van der Waals surface area contributed by atoms with Gasteiger partial charge in [0.1, 0.15) is 5.82 Å². The minimum absolute atomic E-state index is 0.144. The van der Waals surface area contributed by atoms with E-state index in [1.807, 2.05) is 26.0 Å².